The fourth-order valence-electron chi connectivity index (χ4n) is 3.53. The van der Waals surface area contributed by atoms with Gasteiger partial charge in [0, 0.05) is 44.1 Å². The maximum Gasteiger partial charge on any atom is 0.261 e. The van der Waals surface area contributed by atoms with Crippen molar-refractivity contribution in [2.24, 2.45) is 0 Å². The van der Waals surface area contributed by atoms with Crippen LogP contribution in [-0.2, 0) is 12.8 Å². The van der Waals surface area contributed by atoms with Crippen LogP contribution in [-0.4, -0.2) is 50.1 Å². The number of thiophene rings is 1. The van der Waals surface area contributed by atoms with Gasteiger partial charge < -0.3 is 10.6 Å². The molecule has 1 saturated heterocycles. The van der Waals surface area contributed by atoms with Crippen LogP contribution in [0, 0.1) is 0 Å². The van der Waals surface area contributed by atoms with Crippen LogP contribution < -0.4 is 10.6 Å². The van der Waals surface area contributed by atoms with Gasteiger partial charge in [-0.1, -0.05) is 24.3 Å². The van der Waals surface area contributed by atoms with Crippen LogP contribution in [0.25, 0.3) is 10.4 Å². The molecule has 1 fully saturated rings. The molecule has 0 atom stereocenters. The molecule has 1 aromatic heterocycles. The fourth-order valence-corrected chi connectivity index (χ4v) is 4.72. The smallest absolute Gasteiger partial charge is 0.261 e. The molecule has 0 saturated carbocycles. The van der Waals surface area contributed by atoms with E-state index >= 15 is 0 Å². The first-order valence-corrected chi connectivity index (χ1v) is 9.55. The lowest BCUT2D eigenvalue weighted by molar-refractivity contribution is 0.0951. The van der Waals surface area contributed by atoms with Gasteiger partial charge in [-0.05, 0) is 35.6 Å². The first-order chi connectivity index (χ1) is 11.8. The predicted molar refractivity (Wildman–Crippen MR) is 98.8 cm³/mol. The Morgan fingerprint density at radius 2 is 1.96 bits per heavy atom. The number of nitrogens with one attached hydrogen (secondary N) is 2. The molecule has 2 heterocycles. The Hall–Kier alpha value is -1.69. The summed E-state index contributed by atoms with van der Waals surface area (Å²) in [6.45, 7) is 5.88. The van der Waals surface area contributed by atoms with Crippen molar-refractivity contribution >= 4 is 17.2 Å². The minimum atomic E-state index is 0.0713. The van der Waals surface area contributed by atoms with Crippen LogP contribution in [0.15, 0.2) is 30.3 Å². The van der Waals surface area contributed by atoms with E-state index in [1.54, 1.807) is 11.3 Å². The topological polar surface area (TPSA) is 44.4 Å². The number of aryl methyl sites for hydroxylation is 2. The van der Waals surface area contributed by atoms with Gasteiger partial charge in [-0.25, -0.2) is 0 Å². The summed E-state index contributed by atoms with van der Waals surface area (Å²) in [4.78, 5) is 17.0. The summed E-state index contributed by atoms with van der Waals surface area (Å²) in [7, 11) is 0. The highest BCUT2D eigenvalue weighted by molar-refractivity contribution is 7.17. The van der Waals surface area contributed by atoms with Gasteiger partial charge in [-0.15, -0.1) is 11.3 Å². The molecular formula is C19H23N3OS. The number of hydrogen-bond acceptors (Lipinski definition) is 4. The number of fused-ring (bicyclic) bond motifs is 3. The average Bonchev–Trinajstić information content (AvgIpc) is 3.07. The van der Waals surface area contributed by atoms with Gasteiger partial charge in [-0.3, -0.25) is 9.69 Å². The van der Waals surface area contributed by atoms with E-state index in [1.165, 1.54) is 21.6 Å². The molecule has 1 aliphatic heterocycles. The number of benzene rings is 1. The van der Waals surface area contributed by atoms with Crippen LogP contribution in [0.5, 0.6) is 0 Å². The summed E-state index contributed by atoms with van der Waals surface area (Å²) in [5.41, 5.74) is 4.03. The van der Waals surface area contributed by atoms with E-state index in [-0.39, 0.29) is 5.91 Å². The Kier molecular flexibility index (Phi) is 4.65. The molecule has 126 valence electrons. The number of carbonyl (C=O) groups is 1. The van der Waals surface area contributed by atoms with Crippen molar-refractivity contribution in [3.05, 3.63) is 46.3 Å². The lowest BCUT2D eigenvalue weighted by Crippen LogP contribution is -2.46. The number of amides is 1. The largest absolute Gasteiger partial charge is 0.350 e. The lowest BCUT2D eigenvalue weighted by atomic mass is 9.91. The van der Waals surface area contributed by atoms with Crippen molar-refractivity contribution in [1.82, 2.24) is 15.5 Å². The number of carbonyl (C=O) groups excluding carboxylic acids is 1. The zero-order valence-corrected chi connectivity index (χ0v) is 14.6. The molecule has 0 bridgehead atoms. The summed E-state index contributed by atoms with van der Waals surface area (Å²) in [5, 5.41) is 6.44. The third-order valence-corrected chi connectivity index (χ3v) is 6.09. The molecule has 0 unspecified atom stereocenters. The first-order valence-electron chi connectivity index (χ1n) is 8.73. The van der Waals surface area contributed by atoms with E-state index in [2.05, 4.69) is 45.9 Å². The monoisotopic (exact) mass is 341 g/mol. The Morgan fingerprint density at radius 1 is 1.17 bits per heavy atom. The molecule has 5 heteroatoms. The van der Waals surface area contributed by atoms with E-state index in [9.17, 15) is 4.79 Å². The molecule has 2 aromatic rings. The number of hydrogen-bond donors (Lipinski definition) is 2. The highest BCUT2D eigenvalue weighted by Gasteiger charge is 2.21. The molecule has 4 rings (SSSR count). The molecule has 0 radical (unpaired) electrons. The van der Waals surface area contributed by atoms with E-state index in [4.69, 9.17) is 0 Å². The molecule has 24 heavy (non-hydrogen) atoms. The highest BCUT2D eigenvalue weighted by atomic mass is 32.1. The van der Waals surface area contributed by atoms with Gasteiger partial charge in [0.05, 0.1) is 4.88 Å². The zero-order valence-electron chi connectivity index (χ0n) is 13.8. The Balaban J connectivity index is 1.40. The lowest BCUT2D eigenvalue weighted by Gasteiger charge is -2.26. The summed E-state index contributed by atoms with van der Waals surface area (Å²) in [6, 6.07) is 10.7. The van der Waals surface area contributed by atoms with Crippen molar-refractivity contribution in [3.63, 3.8) is 0 Å². The van der Waals surface area contributed by atoms with Gasteiger partial charge >= 0.3 is 0 Å². The molecule has 0 spiro atoms. The number of nitrogens with zero attached hydrogens (tertiary/aromatic N) is 1. The van der Waals surface area contributed by atoms with Crippen LogP contribution in [0.2, 0.25) is 0 Å². The molecule has 2 aliphatic rings. The third kappa shape index (κ3) is 3.24. The second-order valence-electron chi connectivity index (χ2n) is 6.47. The molecule has 4 nitrogen and oxygen atoms in total. The Bertz CT molecular complexity index is 734. The summed E-state index contributed by atoms with van der Waals surface area (Å²) in [5.74, 6) is 0.0713. The second kappa shape index (κ2) is 7.05. The third-order valence-electron chi connectivity index (χ3n) is 4.88. The molecule has 2 N–H and O–H groups in total. The highest BCUT2D eigenvalue weighted by Crippen LogP contribution is 2.39. The standard InChI is InChI=1S/C19H23N3OS/c23-19(21-9-12-22-10-7-20-8-11-22)17-13-15-6-5-14-3-1-2-4-16(14)18(15)24-17/h1-4,13,20H,5-12H2,(H,21,23). The van der Waals surface area contributed by atoms with Gasteiger partial charge in [0.1, 0.15) is 0 Å². The molecular weight excluding hydrogens is 318 g/mol. The average molecular weight is 341 g/mol. The Morgan fingerprint density at radius 3 is 2.83 bits per heavy atom. The number of piperazine rings is 1. The normalized spacial score (nSPS) is 17.2. The predicted octanol–water partition coefficient (Wildman–Crippen LogP) is 2.15. The second-order valence-corrected chi connectivity index (χ2v) is 7.52. The van der Waals surface area contributed by atoms with Gasteiger partial charge in [0.25, 0.3) is 5.91 Å². The van der Waals surface area contributed by atoms with Crippen LogP contribution >= 0.6 is 11.3 Å². The molecule has 1 aromatic carbocycles. The quantitative estimate of drug-likeness (QED) is 0.896. The maximum atomic E-state index is 12.5. The van der Waals surface area contributed by atoms with Gasteiger partial charge in [0.2, 0.25) is 0 Å². The Labute approximate surface area is 146 Å². The van der Waals surface area contributed by atoms with Crippen LogP contribution in [0.1, 0.15) is 20.8 Å². The van der Waals surface area contributed by atoms with Gasteiger partial charge in [0.15, 0.2) is 0 Å². The van der Waals surface area contributed by atoms with E-state index in [0.717, 1.165) is 57.0 Å². The van der Waals surface area contributed by atoms with Crippen molar-refractivity contribution in [1.29, 1.82) is 0 Å². The minimum absolute atomic E-state index is 0.0713. The van der Waals surface area contributed by atoms with E-state index in [0.29, 0.717) is 0 Å². The summed E-state index contributed by atoms with van der Waals surface area (Å²) in [6.07, 6.45) is 2.11. The molecule has 1 aliphatic carbocycles. The zero-order chi connectivity index (χ0) is 16.4. The van der Waals surface area contributed by atoms with Crippen molar-refractivity contribution in [3.8, 4) is 10.4 Å². The van der Waals surface area contributed by atoms with Crippen LogP contribution in [0.4, 0.5) is 0 Å². The van der Waals surface area contributed by atoms with Crippen molar-refractivity contribution < 1.29 is 4.79 Å². The summed E-state index contributed by atoms with van der Waals surface area (Å²) < 4.78 is 0. The summed E-state index contributed by atoms with van der Waals surface area (Å²) >= 11 is 1.64. The van der Waals surface area contributed by atoms with Crippen molar-refractivity contribution in [2.75, 3.05) is 39.3 Å². The van der Waals surface area contributed by atoms with Crippen molar-refractivity contribution in [2.45, 2.75) is 12.8 Å². The van der Waals surface area contributed by atoms with E-state index < -0.39 is 0 Å². The minimum Gasteiger partial charge on any atom is -0.350 e. The molecule has 1 amide bonds. The fraction of sp³-hybridized carbons (Fsp3) is 0.421. The SMILES string of the molecule is O=C(NCCN1CCNCC1)c1cc2c(s1)-c1ccccc1CC2. The van der Waals surface area contributed by atoms with Crippen LogP contribution in [0.3, 0.4) is 0 Å². The van der Waals surface area contributed by atoms with Gasteiger partial charge in [-0.2, -0.15) is 0 Å². The number of rotatable bonds is 4. The van der Waals surface area contributed by atoms with E-state index in [1.807, 2.05) is 0 Å². The first kappa shape index (κ1) is 15.8. The maximum absolute atomic E-state index is 12.5.